The van der Waals surface area contributed by atoms with E-state index in [2.05, 4.69) is 20.8 Å². The van der Waals surface area contributed by atoms with Gasteiger partial charge in [-0.05, 0) is 42.5 Å². The molecule has 0 aliphatic carbocycles. The molecule has 0 radical (unpaired) electrons. The van der Waals surface area contributed by atoms with Gasteiger partial charge in [0.1, 0.15) is 5.75 Å². The first-order valence-electron chi connectivity index (χ1n) is 7.64. The lowest BCUT2D eigenvalue weighted by Crippen LogP contribution is -2.21. The van der Waals surface area contributed by atoms with Gasteiger partial charge >= 0.3 is 0 Å². The van der Waals surface area contributed by atoms with Crippen LogP contribution in [0.2, 0.25) is 10.0 Å². The Morgan fingerprint density at radius 3 is 2.38 bits per heavy atom. The number of carbonyl (C=O) groups is 1. The molecular weight excluding hydrogens is 375 g/mol. The molecule has 0 saturated heterocycles. The molecule has 3 aromatic rings. The average Bonchev–Trinajstić information content (AvgIpc) is 2.65. The highest BCUT2D eigenvalue weighted by atomic mass is 35.5. The van der Waals surface area contributed by atoms with Gasteiger partial charge < -0.3 is 15.4 Å². The van der Waals surface area contributed by atoms with Crippen LogP contribution in [-0.4, -0.2) is 22.7 Å². The minimum Gasteiger partial charge on any atom is -0.484 e. The van der Waals surface area contributed by atoms with E-state index in [0.717, 1.165) is 0 Å². The fourth-order valence-electron chi connectivity index (χ4n) is 2.04. The van der Waals surface area contributed by atoms with E-state index in [9.17, 15) is 4.79 Å². The maximum absolute atomic E-state index is 11.9. The number of nitrogens with zero attached hydrogens (tertiary/aromatic N) is 2. The van der Waals surface area contributed by atoms with E-state index < -0.39 is 0 Å². The minimum atomic E-state index is -0.329. The molecule has 0 bridgehead atoms. The maximum Gasteiger partial charge on any atom is 0.263 e. The monoisotopic (exact) mass is 388 g/mol. The number of hydrogen-bond donors (Lipinski definition) is 2. The van der Waals surface area contributed by atoms with Crippen LogP contribution in [0.15, 0.2) is 60.7 Å². The molecule has 0 atom stereocenters. The third-order valence-electron chi connectivity index (χ3n) is 3.24. The molecule has 0 saturated carbocycles. The predicted molar refractivity (Wildman–Crippen MR) is 102 cm³/mol. The largest absolute Gasteiger partial charge is 0.484 e. The summed E-state index contributed by atoms with van der Waals surface area (Å²) >= 11 is 12.0. The Kier molecular flexibility index (Phi) is 5.88. The fourth-order valence-corrected chi connectivity index (χ4v) is 2.49. The van der Waals surface area contributed by atoms with Gasteiger partial charge in [-0.25, -0.2) is 0 Å². The molecule has 8 heteroatoms. The van der Waals surface area contributed by atoms with Gasteiger partial charge in [0.05, 0.1) is 10.7 Å². The first-order chi connectivity index (χ1) is 12.6. The molecule has 1 heterocycles. The second kappa shape index (κ2) is 8.51. The van der Waals surface area contributed by atoms with E-state index in [1.807, 2.05) is 18.2 Å². The zero-order valence-corrected chi connectivity index (χ0v) is 15.0. The van der Waals surface area contributed by atoms with Crippen molar-refractivity contribution in [2.45, 2.75) is 0 Å². The van der Waals surface area contributed by atoms with Gasteiger partial charge in [0, 0.05) is 5.02 Å². The first-order valence-corrected chi connectivity index (χ1v) is 8.39. The number of para-hydroxylation sites is 1. The maximum atomic E-state index is 11.9. The summed E-state index contributed by atoms with van der Waals surface area (Å²) in [7, 11) is 0. The summed E-state index contributed by atoms with van der Waals surface area (Å²) in [5, 5.41) is 14.6. The Bertz CT molecular complexity index is 889. The quantitative estimate of drug-likeness (QED) is 0.647. The highest BCUT2D eigenvalue weighted by molar-refractivity contribution is 6.36. The Morgan fingerprint density at radius 1 is 0.962 bits per heavy atom. The first kappa shape index (κ1) is 18.0. The van der Waals surface area contributed by atoms with Crippen LogP contribution in [0.4, 0.5) is 17.3 Å². The zero-order chi connectivity index (χ0) is 18.4. The van der Waals surface area contributed by atoms with Gasteiger partial charge in [-0.15, -0.1) is 10.2 Å². The second-order valence-corrected chi connectivity index (χ2v) is 6.05. The Balaban J connectivity index is 1.54. The third kappa shape index (κ3) is 5.08. The van der Waals surface area contributed by atoms with E-state index in [0.29, 0.717) is 33.1 Å². The van der Waals surface area contributed by atoms with Gasteiger partial charge in [0.25, 0.3) is 5.91 Å². The molecule has 0 unspecified atom stereocenters. The topological polar surface area (TPSA) is 76.1 Å². The molecular formula is C18H14Cl2N4O2. The lowest BCUT2D eigenvalue weighted by molar-refractivity contribution is -0.118. The third-order valence-corrected chi connectivity index (χ3v) is 3.79. The number of nitrogens with one attached hydrogen (secondary N) is 2. The van der Waals surface area contributed by atoms with E-state index in [1.165, 1.54) is 0 Å². The van der Waals surface area contributed by atoms with Crippen LogP contribution in [0, 0.1) is 0 Å². The molecule has 0 fully saturated rings. The van der Waals surface area contributed by atoms with Crippen molar-refractivity contribution in [3.05, 3.63) is 70.7 Å². The van der Waals surface area contributed by atoms with Crippen LogP contribution in [0.1, 0.15) is 0 Å². The normalized spacial score (nSPS) is 10.2. The molecule has 3 rings (SSSR count). The van der Waals surface area contributed by atoms with Gasteiger partial charge in [-0.2, -0.15) is 0 Å². The second-order valence-electron chi connectivity index (χ2n) is 5.20. The Labute approximate surface area is 160 Å². The molecule has 0 aliphatic heterocycles. The lowest BCUT2D eigenvalue weighted by Gasteiger charge is -2.09. The summed E-state index contributed by atoms with van der Waals surface area (Å²) in [5.41, 5.74) is 0.651. The minimum absolute atomic E-state index is 0.119. The van der Waals surface area contributed by atoms with Crippen LogP contribution in [0.3, 0.4) is 0 Å². The van der Waals surface area contributed by atoms with Gasteiger partial charge in [0.15, 0.2) is 18.2 Å². The van der Waals surface area contributed by atoms with E-state index in [4.69, 9.17) is 27.9 Å². The summed E-state index contributed by atoms with van der Waals surface area (Å²) in [6.45, 7) is -0.119. The molecule has 0 aliphatic rings. The number of hydrogen-bond acceptors (Lipinski definition) is 5. The Morgan fingerprint density at radius 2 is 1.69 bits per heavy atom. The van der Waals surface area contributed by atoms with Crippen molar-refractivity contribution in [2.75, 3.05) is 17.2 Å². The molecule has 0 spiro atoms. The molecule has 2 aromatic carbocycles. The van der Waals surface area contributed by atoms with Crippen molar-refractivity contribution in [3.63, 3.8) is 0 Å². The number of rotatable bonds is 6. The van der Waals surface area contributed by atoms with Crippen molar-refractivity contribution in [1.82, 2.24) is 10.2 Å². The Hall–Kier alpha value is -2.83. The van der Waals surface area contributed by atoms with Crippen LogP contribution in [-0.2, 0) is 4.79 Å². The van der Waals surface area contributed by atoms with Crippen molar-refractivity contribution >= 4 is 46.4 Å². The van der Waals surface area contributed by atoms with Crippen molar-refractivity contribution in [3.8, 4) is 5.75 Å². The summed E-state index contributed by atoms with van der Waals surface area (Å²) in [5.74, 6) is 1.09. The number of ether oxygens (including phenoxy) is 1. The van der Waals surface area contributed by atoms with Crippen LogP contribution >= 0.6 is 23.2 Å². The van der Waals surface area contributed by atoms with Gasteiger partial charge in [-0.1, -0.05) is 41.4 Å². The van der Waals surface area contributed by atoms with E-state index >= 15 is 0 Å². The highest BCUT2D eigenvalue weighted by Crippen LogP contribution is 2.27. The van der Waals surface area contributed by atoms with Gasteiger partial charge in [0.2, 0.25) is 0 Å². The van der Waals surface area contributed by atoms with Crippen LogP contribution < -0.4 is 15.4 Å². The number of carbonyl (C=O) groups excluding carboxylic acids is 1. The SMILES string of the molecule is O=C(COc1ccccc1)Nc1ccc(Nc2ccc(Cl)cc2Cl)nn1. The van der Waals surface area contributed by atoms with Crippen LogP contribution in [0.5, 0.6) is 5.75 Å². The average molecular weight is 389 g/mol. The zero-order valence-electron chi connectivity index (χ0n) is 13.4. The van der Waals surface area contributed by atoms with Crippen molar-refractivity contribution in [1.29, 1.82) is 0 Å². The van der Waals surface area contributed by atoms with E-state index in [-0.39, 0.29) is 12.5 Å². The summed E-state index contributed by atoms with van der Waals surface area (Å²) < 4.78 is 5.37. The fraction of sp³-hybridized carbons (Fsp3) is 0.0556. The molecule has 6 nitrogen and oxygen atoms in total. The standard InChI is InChI=1S/C18H14Cl2N4O2/c19-12-6-7-15(14(20)10-12)21-16-8-9-17(24-23-16)22-18(25)11-26-13-4-2-1-3-5-13/h1-10H,11H2,(H,21,23)(H,22,24,25). The van der Waals surface area contributed by atoms with Crippen molar-refractivity contribution < 1.29 is 9.53 Å². The smallest absolute Gasteiger partial charge is 0.263 e. The molecule has 132 valence electrons. The predicted octanol–water partition coefficient (Wildman–Crippen LogP) is 4.54. The van der Waals surface area contributed by atoms with Crippen molar-refractivity contribution in [2.24, 2.45) is 0 Å². The highest BCUT2D eigenvalue weighted by Gasteiger charge is 2.07. The molecule has 1 aromatic heterocycles. The number of benzene rings is 2. The number of aromatic nitrogens is 2. The number of anilines is 3. The molecule has 26 heavy (non-hydrogen) atoms. The number of amides is 1. The molecule has 1 amide bonds. The number of halogens is 2. The van der Waals surface area contributed by atoms with Gasteiger partial charge in [-0.3, -0.25) is 4.79 Å². The van der Waals surface area contributed by atoms with E-state index in [1.54, 1.807) is 42.5 Å². The summed E-state index contributed by atoms with van der Waals surface area (Å²) in [6.07, 6.45) is 0. The summed E-state index contributed by atoms with van der Waals surface area (Å²) in [6, 6.07) is 17.5. The molecule has 2 N–H and O–H groups in total. The lowest BCUT2D eigenvalue weighted by atomic mass is 10.3. The van der Waals surface area contributed by atoms with Crippen LogP contribution in [0.25, 0.3) is 0 Å². The summed E-state index contributed by atoms with van der Waals surface area (Å²) in [4.78, 5) is 11.9.